The molecule has 162 valence electrons. The fourth-order valence-electron chi connectivity index (χ4n) is 2.60. The lowest BCUT2D eigenvalue weighted by Gasteiger charge is -2.10. The first kappa shape index (κ1) is 26.1. The third-order valence-electron chi connectivity index (χ3n) is 4.03. The molecule has 2 atom stereocenters. The SMILES string of the molecule is Br.NC(CCCCOc1ccccc1)O[PH](=O)O.c1ccc(-c2ccccc2)cc1. The molecule has 5 nitrogen and oxygen atoms in total. The minimum absolute atomic E-state index is 0. The van der Waals surface area contributed by atoms with Crippen molar-refractivity contribution in [1.29, 1.82) is 0 Å². The number of para-hydroxylation sites is 1. The predicted octanol–water partition coefficient (Wildman–Crippen LogP) is 5.85. The lowest BCUT2D eigenvalue weighted by Crippen LogP contribution is -2.20. The third kappa shape index (κ3) is 11.3. The standard InChI is InChI=1S/C12H10.C11H18NO4P.BrH/c1-3-7-11(8-4-1)12-9-5-2-6-10-12;12-11(16-17(13)14)8-4-5-9-15-10-6-2-1-3-7-10;/h1-10H;1-3,6-7,11,17H,4-5,8-9,12H2,(H,13,14);1H. The van der Waals surface area contributed by atoms with E-state index >= 15 is 0 Å². The van der Waals surface area contributed by atoms with Gasteiger partial charge in [-0.3, -0.25) is 9.09 Å². The summed E-state index contributed by atoms with van der Waals surface area (Å²) < 4.78 is 20.4. The number of benzene rings is 3. The fourth-order valence-corrected chi connectivity index (χ4v) is 2.98. The summed E-state index contributed by atoms with van der Waals surface area (Å²) in [6.07, 6.45) is 1.51. The molecule has 0 radical (unpaired) electrons. The van der Waals surface area contributed by atoms with E-state index in [1.807, 2.05) is 42.5 Å². The van der Waals surface area contributed by atoms with Gasteiger partial charge in [0.1, 0.15) is 12.0 Å². The van der Waals surface area contributed by atoms with E-state index in [-0.39, 0.29) is 17.0 Å². The first-order valence-electron chi connectivity index (χ1n) is 9.58. The monoisotopic (exact) mass is 493 g/mol. The number of unbranched alkanes of at least 4 members (excludes halogenated alkanes) is 1. The van der Waals surface area contributed by atoms with E-state index < -0.39 is 14.5 Å². The van der Waals surface area contributed by atoms with Gasteiger partial charge in [-0.25, -0.2) is 0 Å². The lowest BCUT2D eigenvalue weighted by atomic mass is 10.1. The van der Waals surface area contributed by atoms with Crippen LogP contribution in [0.2, 0.25) is 0 Å². The molecule has 0 amide bonds. The maximum absolute atomic E-state index is 10.3. The van der Waals surface area contributed by atoms with Gasteiger partial charge >= 0.3 is 8.25 Å². The average molecular weight is 494 g/mol. The van der Waals surface area contributed by atoms with E-state index in [1.165, 1.54) is 11.1 Å². The van der Waals surface area contributed by atoms with Crippen LogP contribution < -0.4 is 10.5 Å². The summed E-state index contributed by atoms with van der Waals surface area (Å²) in [5.41, 5.74) is 8.02. The Kier molecular flexibility index (Phi) is 13.8. The molecule has 7 heteroatoms. The fraction of sp³-hybridized carbons (Fsp3) is 0.217. The molecule has 0 heterocycles. The van der Waals surface area contributed by atoms with Crippen LogP contribution in [-0.4, -0.2) is 17.7 Å². The molecule has 3 aromatic rings. The number of hydrogen-bond acceptors (Lipinski definition) is 4. The van der Waals surface area contributed by atoms with Crippen molar-refractivity contribution in [3.8, 4) is 16.9 Å². The number of ether oxygens (including phenoxy) is 1. The highest BCUT2D eigenvalue weighted by molar-refractivity contribution is 8.93. The Hall–Kier alpha value is -1.95. The number of nitrogens with two attached hydrogens (primary N) is 1. The smallest absolute Gasteiger partial charge is 0.318 e. The number of hydrogen-bond donors (Lipinski definition) is 2. The Labute approximate surface area is 189 Å². The van der Waals surface area contributed by atoms with Crippen molar-refractivity contribution in [2.75, 3.05) is 6.61 Å². The van der Waals surface area contributed by atoms with Gasteiger partial charge in [-0.05, 0) is 42.5 Å². The molecule has 2 unspecified atom stereocenters. The highest BCUT2D eigenvalue weighted by Gasteiger charge is 2.04. The van der Waals surface area contributed by atoms with Crippen molar-refractivity contribution >= 4 is 25.2 Å². The second-order valence-electron chi connectivity index (χ2n) is 6.31. The number of halogens is 1. The van der Waals surface area contributed by atoms with E-state index in [0.29, 0.717) is 13.0 Å². The maximum Gasteiger partial charge on any atom is 0.318 e. The molecule has 0 aliphatic carbocycles. The van der Waals surface area contributed by atoms with Gasteiger partial charge in [-0.1, -0.05) is 78.9 Å². The molecule has 3 rings (SSSR count). The van der Waals surface area contributed by atoms with Gasteiger partial charge in [0.25, 0.3) is 0 Å². The molecule has 0 saturated carbocycles. The predicted molar refractivity (Wildman–Crippen MR) is 128 cm³/mol. The van der Waals surface area contributed by atoms with Gasteiger partial charge in [0.2, 0.25) is 0 Å². The van der Waals surface area contributed by atoms with Gasteiger partial charge in [-0.2, -0.15) is 0 Å². The molecule has 0 bridgehead atoms. The van der Waals surface area contributed by atoms with Crippen LogP contribution in [0.25, 0.3) is 11.1 Å². The zero-order chi connectivity index (χ0) is 20.7. The van der Waals surface area contributed by atoms with Crippen molar-refractivity contribution in [1.82, 2.24) is 0 Å². The van der Waals surface area contributed by atoms with Gasteiger partial charge in [0.05, 0.1) is 6.61 Å². The molecule has 0 fully saturated rings. The van der Waals surface area contributed by atoms with E-state index in [4.69, 9.17) is 15.4 Å². The second kappa shape index (κ2) is 15.8. The number of rotatable bonds is 9. The van der Waals surface area contributed by atoms with E-state index in [2.05, 4.69) is 53.1 Å². The first-order valence-corrected chi connectivity index (χ1v) is 10.8. The van der Waals surface area contributed by atoms with Crippen molar-refractivity contribution in [2.24, 2.45) is 5.73 Å². The molecular weight excluding hydrogens is 465 g/mol. The summed E-state index contributed by atoms with van der Waals surface area (Å²) in [5, 5.41) is 0. The third-order valence-corrected chi connectivity index (χ3v) is 4.53. The van der Waals surface area contributed by atoms with Crippen LogP contribution in [0.15, 0.2) is 91.0 Å². The molecule has 0 aliphatic heterocycles. The van der Waals surface area contributed by atoms with Gasteiger partial charge in [0.15, 0.2) is 0 Å². The van der Waals surface area contributed by atoms with Crippen LogP contribution in [0.1, 0.15) is 19.3 Å². The Morgan fingerprint density at radius 1 is 0.800 bits per heavy atom. The Balaban J connectivity index is 0.000000304. The molecular formula is C23H29BrNO4P. The van der Waals surface area contributed by atoms with Crippen LogP contribution in [-0.2, 0) is 9.09 Å². The summed E-state index contributed by atoms with van der Waals surface area (Å²) in [6, 6.07) is 30.3. The molecule has 0 saturated heterocycles. The maximum atomic E-state index is 10.3. The molecule has 3 N–H and O–H groups in total. The summed E-state index contributed by atoms with van der Waals surface area (Å²) in [7, 11) is -2.92. The Bertz CT molecular complexity index is 785. The summed E-state index contributed by atoms with van der Waals surface area (Å²) in [4.78, 5) is 8.49. The van der Waals surface area contributed by atoms with E-state index in [0.717, 1.165) is 18.6 Å². The van der Waals surface area contributed by atoms with Crippen molar-refractivity contribution in [3.05, 3.63) is 91.0 Å². The van der Waals surface area contributed by atoms with Gasteiger partial charge in [-0.15, -0.1) is 17.0 Å². The summed E-state index contributed by atoms with van der Waals surface area (Å²) >= 11 is 0. The van der Waals surface area contributed by atoms with Crippen LogP contribution in [0.4, 0.5) is 0 Å². The normalized spacial score (nSPS) is 11.9. The Morgan fingerprint density at radius 3 is 1.73 bits per heavy atom. The van der Waals surface area contributed by atoms with E-state index in [1.54, 1.807) is 0 Å². The summed E-state index contributed by atoms with van der Waals surface area (Å²) in [5.74, 6) is 0.841. The molecule has 30 heavy (non-hydrogen) atoms. The zero-order valence-corrected chi connectivity index (χ0v) is 19.4. The van der Waals surface area contributed by atoms with Crippen LogP contribution in [0.5, 0.6) is 5.75 Å². The molecule has 3 aromatic carbocycles. The van der Waals surface area contributed by atoms with Crippen molar-refractivity contribution < 1.29 is 18.7 Å². The lowest BCUT2D eigenvalue weighted by molar-refractivity contribution is 0.179. The summed E-state index contributed by atoms with van der Waals surface area (Å²) in [6.45, 7) is 0.602. The quantitative estimate of drug-likeness (QED) is 0.222. The molecule has 0 aromatic heterocycles. The average Bonchev–Trinajstić information content (AvgIpc) is 2.75. The van der Waals surface area contributed by atoms with E-state index in [9.17, 15) is 4.57 Å². The molecule has 0 aliphatic rings. The topological polar surface area (TPSA) is 81.8 Å². The van der Waals surface area contributed by atoms with Gasteiger partial charge in [0, 0.05) is 0 Å². The first-order chi connectivity index (χ1) is 14.1. The van der Waals surface area contributed by atoms with Crippen LogP contribution in [0.3, 0.4) is 0 Å². The minimum Gasteiger partial charge on any atom is -0.494 e. The highest BCUT2D eigenvalue weighted by atomic mass is 79.9. The second-order valence-corrected chi connectivity index (χ2v) is 7.08. The Morgan fingerprint density at radius 2 is 1.27 bits per heavy atom. The minimum atomic E-state index is -2.92. The van der Waals surface area contributed by atoms with Crippen molar-refractivity contribution in [3.63, 3.8) is 0 Å². The zero-order valence-electron chi connectivity index (χ0n) is 16.7. The molecule has 0 spiro atoms. The van der Waals surface area contributed by atoms with Crippen LogP contribution in [0, 0.1) is 0 Å². The van der Waals surface area contributed by atoms with Crippen LogP contribution >= 0.6 is 25.2 Å². The van der Waals surface area contributed by atoms with Crippen molar-refractivity contribution in [2.45, 2.75) is 25.5 Å². The largest absolute Gasteiger partial charge is 0.494 e. The highest BCUT2D eigenvalue weighted by Crippen LogP contribution is 2.18. The van der Waals surface area contributed by atoms with Gasteiger partial charge < -0.3 is 15.4 Å².